The highest BCUT2D eigenvalue weighted by molar-refractivity contribution is 7.89. The van der Waals surface area contributed by atoms with E-state index in [-0.39, 0.29) is 17.5 Å². The molecule has 9 heteroatoms. The summed E-state index contributed by atoms with van der Waals surface area (Å²) >= 11 is 0. The van der Waals surface area contributed by atoms with Crippen LogP contribution in [-0.2, 0) is 10.0 Å². The Morgan fingerprint density at radius 3 is 2.09 bits per heavy atom. The van der Waals surface area contributed by atoms with Crippen LogP contribution in [0.15, 0.2) is 78.0 Å². The van der Waals surface area contributed by atoms with Crippen LogP contribution in [0.1, 0.15) is 11.6 Å². The molecule has 1 atom stereocenters. The lowest BCUT2D eigenvalue weighted by molar-refractivity contribution is 0.186. The Hall–Kier alpha value is -3.14. The average Bonchev–Trinajstić information content (AvgIpc) is 2.90. The Kier molecular flexibility index (Phi) is 7.66. The molecule has 1 aliphatic heterocycles. The molecule has 1 aliphatic rings. The SMILES string of the molecule is COc1ccc(N2CCN([C@@H](CNS(=O)(=O)c3ccc(OC)cc3)c3cccnc3)CC2)cc1. The molecule has 1 saturated heterocycles. The molecule has 8 nitrogen and oxygen atoms in total. The third-order valence-electron chi connectivity index (χ3n) is 6.10. The van der Waals surface area contributed by atoms with Crippen molar-refractivity contribution < 1.29 is 17.9 Å². The predicted molar refractivity (Wildman–Crippen MR) is 132 cm³/mol. The highest BCUT2D eigenvalue weighted by Gasteiger charge is 2.27. The molecule has 2 aromatic carbocycles. The Labute approximate surface area is 201 Å². The predicted octanol–water partition coefficient (Wildman–Crippen LogP) is 2.94. The van der Waals surface area contributed by atoms with Gasteiger partial charge in [0.25, 0.3) is 0 Å². The maximum atomic E-state index is 12.9. The van der Waals surface area contributed by atoms with Crippen molar-refractivity contribution in [3.8, 4) is 11.5 Å². The second-order valence-corrected chi connectivity index (χ2v) is 9.82. The van der Waals surface area contributed by atoms with E-state index in [0.29, 0.717) is 5.75 Å². The second-order valence-electron chi connectivity index (χ2n) is 8.05. The number of sulfonamides is 1. The van der Waals surface area contributed by atoms with E-state index in [1.165, 1.54) is 0 Å². The van der Waals surface area contributed by atoms with Gasteiger partial charge in [0.2, 0.25) is 10.0 Å². The van der Waals surface area contributed by atoms with Gasteiger partial charge in [-0.15, -0.1) is 0 Å². The van der Waals surface area contributed by atoms with Crippen molar-refractivity contribution >= 4 is 15.7 Å². The van der Waals surface area contributed by atoms with Crippen LogP contribution in [0.3, 0.4) is 0 Å². The van der Waals surface area contributed by atoms with Gasteiger partial charge in [-0.1, -0.05) is 6.07 Å². The van der Waals surface area contributed by atoms with Gasteiger partial charge in [-0.25, -0.2) is 13.1 Å². The molecule has 0 spiro atoms. The van der Waals surface area contributed by atoms with Crippen LogP contribution in [0.25, 0.3) is 0 Å². The number of nitrogens with zero attached hydrogens (tertiary/aromatic N) is 3. The summed E-state index contributed by atoms with van der Waals surface area (Å²) in [5.41, 5.74) is 2.14. The van der Waals surface area contributed by atoms with E-state index in [0.717, 1.165) is 43.2 Å². The van der Waals surface area contributed by atoms with E-state index in [4.69, 9.17) is 9.47 Å². The van der Waals surface area contributed by atoms with Crippen LogP contribution in [-0.4, -0.2) is 65.2 Å². The van der Waals surface area contributed by atoms with Crippen molar-refractivity contribution in [3.05, 3.63) is 78.6 Å². The summed E-state index contributed by atoms with van der Waals surface area (Å²) < 4.78 is 39.1. The molecule has 1 aromatic heterocycles. The van der Waals surface area contributed by atoms with Gasteiger partial charge < -0.3 is 14.4 Å². The van der Waals surface area contributed by atoms with Gasteiger partial charge in [-0.2, -0.15) is 0 Å². The maximum absolute atomic E-state index is 12.9. The number of piperazine rings is 1. The zero-order valence-electron chi connectivity index (χ0n) is 19.4. The van der Waals surface area contributed by atoms with Crippen molar-refractivity contribution in [1.82, 2.24) is 14.6 Å². The Bertz CT molecular complexity index is 1150. The molecule has 34 heavy (non-hydrogen) atoms. The first-order valence-electron chi connectivity index (χ1n) is 11.2. The maximum Gasteiger partial charge on any atom is 0.240 e. The molecule has 3 aromatic rings. The van der Waals surface area contributed by atoms with E-state index in [9.17, 15) is 8.42 Å². The van der Waals surface area contributed by atoms with Crippen molar-refractivity contribution in [2.45, 2.75) is 10.9 Å². The van der Waals surface area contributed by atoms with Crippen molar-refractivity contribution in [1.29, 1.82) is 0 Å². The van der Waals surface area contributed by atoms with Crippen LogP contribution >= 0.6 is 0 Å². The van der Waals surface area contributed by atoms with E-state index in [1.54, 1.807) is 44.7 Å². The molecule has 4 rings (SSSR count). The number of rotatable bonds is 9. The lowest BCUT2D eigenvalue weighted by atomic mass is 10.1. The van der Waals surface area contributed by atoms with Gasteiger partial charge >= 0.3 is 0 Å². The normalized spacial score (nSPS) is 15.6. The minimum atomic E-state index is -3.66. The summed E-state index contributed by atoms with van der Waals surface area (Å²) in [6.45, 7) is 3.54. The van der Waals surface area contributed by atoms with E-state index in [1.807, 2.05) is 30.5 Å². The molecule has 0 amide bonds. The van der Waals surface area contributed by atoms with E-state index >= 15 is 0 Å². The number of aromatic nitrogens is 1. The fourth-order valence-corrected chi connectivity index (χ4v) is 5.18. The number of methoxy groups -OCH3 is 2. The summed E-state index contributed by atoms with van der Waals surface area (Å²) in [4.78, 5) is 9.12. The third-order valence-corrected chi connectivity index (χ3v) is 7.54. The van der Waals surface area contributed by atoms with Gasteiger partial charge in [0.1, 0.15) is 11.5 Å². The number of benzene rings is 2. The minimum absolute atomic E-state index is 0.125. The Balaban J connectivity index is 1.45. The van der Waals surface area contributed by atoms with Crippen LogP contribution in [0, 0.1) is 0 Å². The van der Waals surface area contributed by atoms with E-state index < -0.39 is 10.0 Å². The summed E-state index contributed by atoms with van der Waals surface area (Å²) in [6.07, 6.45) is 3.53. The Morgan fingerprint density at radius 1 is 0.912 bits per heavy atom. The van der Waals surface area contributed by atoms with Crippen molar-refractivity contribution in [2.24, 2.45) is 0 Å². The van der Waals surface area contributed by atoms with Gasteiger partial charge in [-0.3, -0.25) is 9.88 Å². The topological polar surface area (TPSA) is 84.0 Å². The third kappa shape index (κ3) is 5.67. The van der Waals surface area contributed by atoms with Gasteiger partial charge in [0, 0.05) is 50.8 Å². The molecule has 1 fully saturated rings. The lowest BCUT2D eigenvalue weighted by Crippen LogP contribution is -2.49. The Morgan fingerprint density at radius 2 is 1.53 bits per heavy atom. The second kappa shape index (κ2) is 10.9. The first kappa shape index (κ1) is 24.0. The average molecular weight is 483 g/mol. The van der Waals surface area contributed by atoms with Gasteiger partial charge in [0.15, 0.2) is 0 Å². The zero-order chi connectivity index (χ0) is 24.0. The number of nitrogens with one attached hydrogen (secondary N) is 1. The fourth-order valence-electron chi connectivity index (χ4n) is 4.14. The molecular weight excluding hydrogens is 452 g/mol. The minimum Gasteiger partial charge on any atom is -0.497 e. The molecule has 0 radical (unpaired) electrons. The van der Waals surface area contributed by atoms with Crippen LogP contribution in [0.5, 0.6) is 11.5 Å². The van der Waals surface area contributed by atoms with Gasteiger partial charge in [-0.05, 0) is 60.2 Å². The van der Waals surface area contributed by atoms with E-state index in [2.05, 4.69) is 31.6 Å². The lowest BCUT2D eigenvalue weighted by Gasteiger charge is -2.40. The summed E-state index contributed by atoms with van der Waals surface area (Å²) in [5, 5.41) is 0. The summed E-state index contributed by atoms with van der Waals surface area (Å²) in [6, 6.07) is 18.2. The molecule has 180 valence electrons. The highest BCUT2D eigenvalue weighted by atomic mass is 32.2. The number of ether oxygens (including phenoxy) is 2. The van der Waals surface area contributed by atoms with Crippen LogP contribution in [0.4, 0.5) is 5.69 Å². The number of pyridine rings is 1. The fraction of sp³-hybridized carbons (Fsp3) is 0.320. The molecule has 0 aliphatic carbocycles. The number of hydrogen-bond donors (Lipinski definition) is 1. The smallest absolute Gasteiger partial charge is 0.240 e. The first-order chi connectivity index (χ1) is 16.5. The molecule has 0 saturated carbocycles. The summed E-state index contributed by atoms with van der Waals surface area (Å²) in [5.74, 6) is 1.45. The monoisotopic (exact) mass is 482 g/mol. The van der Waals surface area contributed by atoms with Crippen molar-refractivity contribution in [2.75, 3.05) is 51.8 Å². The zero-order valence-corrected chi connectivity index (χ0v) is 20.2. The summed E-state index contributed by atoms with van der Waals surface area (Å²) in [7, 11) is -0.450. The standard InChI is InChI=1S/C25H30N4O4S/c1-32-22-7-5-21(6-8-22)28-14-16-29(17-15-28)25(20-4-3-13-26-18-20)19-27-34(30,31)24-11-9-23(33-2)10-12-24/h3-13,18,25,27H,14-17,19H2,1-2H3/t25-/m0/s1. The molecule has 0 unspecified atom stereocenters. The van der Waals surface area contributed by atoms with Crippen LogP contribution in [0.2, 0.25) is 0 Å². The largest absolute Gasteiger partial charge is 0.497 e. The quantitative estimate of drug-likeness (QED) is 0.502. The highest BCUT2D eigenvalue weighted by Crippen LogP contribution is 2.25. The number of anilines is 1. The first-order valence-corrected chi connectivity index (χ1v) is 12.6. The molecule has 2 heterocycles. The van der Waals surface area contributed by atoms with Crippen LogP contribution < -0.4 is 19.1 Å². The molecule has 1 N–H and O–H groups in total. The molecule has 0 bridgehead atoms. The van der Waals surface area contributed by atoms with Crippen molar-refractivity contribution in [3.63, 3.8) is 0 Å². The number of hydrogen-bond acceptors (Lipinski definition) is 7. The van der Waals surface area contributed by atoms with Gasteiger partial charge in [0.05, 0.1) is 25.2 Å². The molecular formula is C25H30N4O4S.